The first-order chi connectivity index (χ1) is 8.09. The van der Waals surface area contributed by atoms with Crippen molar-refractivity contribution in [2.45, 2.75) is 0 Å². The fourth-order valence-corrected chi connectivity index (χ4v) is 1.97. The SMILES string of the molecule is O=[N+]([O-])c1c(Cl)cc(-c2ccccc2)nc1Cl. The molecule has 0 amide bonds. The first-order valence-electron chi connectivity index (χ1n) is 4.65. The van der Waals surface area contributed by atoms with Crippen LogP contribution in [-0.2, 0) is 0 Å². The van der Waals surface area contributed by atoms with E-state index < -0.39 is 4.92 Å². The Labute approximate surface area is 107 Å². The smallest absolute Gasteiger partial charge is 0.258 e. The van der Waals surface area contributed by atoms with Gasteiger partial charge in [0.1, 0.15) is 5.02 Å². The summed E-state index contributed by atoms with van der Waals surface area (Å²) in [4.78, 5) is 14.0. The summed E-state index contributed by atoms with van der Waals surface area (Å²) in [6.45, 7) is 0. The Morgan fingerprint density at radius 3 is 2.35 bits per heavy atom. The normalized spacial score (nSPS) is 10.2. The van der Waals surface area contributed by atoms with Gasteiger partial charge in [-0.25, -0.2) is 4.98 Å². The topological polar surface area (TPSA) is 56.0 Å². The van der Waals surface area contributed by atoms with Crippen LogP contribution in [0.25, 0.3) is 11.3 Å². The Hall–Kier alpha value is -1.65. The van der Waals surface area contributed by atoms with Gasteiger partial charge in [-0.3, -0.25) is 10.1 Å². The van der Waals surface area contributed by atoms with E-state index in [1.165, 1.54) is 6.07 Å². The molecule has 0 aliphatic heterocycles. The quantitative estimate of drug-likeness (QED) is 0.471. The van der Waals surface area contributed by atoms with Gasteiger partial charge in [-0.2, -0.15) is 0 Å². The molecule has 0 fully saturated rings. The summed E-state index contributed by atoms with van der Waals surface area (Å²) in [6.07, 6.45) is 0. The predicted octanol–water partition coefficient (Wildman–Crippen LogP) is 3.96. The fraction of sp³-hybridized carbons (Fsp3) is 0. The Morgan fingerprint density at radius 2 is 1.82 bits per heavy atom. The van der Waals surface area contributed by atoms with Crippen molar-refractivity contribution in [3.05, 3.63) is 56.7 Å². The van der Waals surface area contributed by atoms with Crippen LogP contribution in [0.3, 0.4) is 0 Å². The third-order valence-corrected chi connectivity index (χ3v) is 2.71. The maximum Gasteiger partial charge on any atom is 0.324 e. The van der Waals surface area contributed by atoms with Crippen LogP contribution in [0.15, 0.2) is 36.4 Å². The van der Waals surface area contributed by atoms with Crippen LogP contribution in [0.1, 0.15) is 0 Å². The summed E-state index contributed by atoms with van der Waals surface area (Å²) in [5.41, 5.74) is 0.936. The minimum Gasteiger partial charge on any atom is -0.258 e. The summed E-state index contributed by atoms with van der Waals surface area (Å²) < 4.78 is 0. The molecule has 2 rings (SSSR count). The standard InChI is InChI=1S/C11H6Cl2N2O2/c12-8-6-9(7-4-2-1-3-5-7)14-11(13)10(8)15(16)17/h1-6H. The molecule has 0 aliphatic carbocycles. The lowest BCUT2D eigenvalue weighted by Gasteiger charge is -2.03. The number of nitrogens with zero attached hydrogens (tertiary/aromatic N) is 2. The first-order valence-corrected chi connectivity index (χ1v) is 5.41. The number of rotatable bonds is 2. The lowest BCUT2D eigenvalue weighted by molar-refractivity contribution is -0.384. The molecule has 0 N–H and O–H groups in total. The number of hydrogen-bond acceptors (Lipinski definition) is 3. The largest absolute Gasteiger partial charge is 0.324 e. The van der Waals surface area contributed by atoms with E-state index in [0.29, 0.717) is 5.69 Å². The second-order valence-corrected chi connectivity index (χ2v) is 4.02. The molecule has 0 unspecified atom stereocenters. The zero-order chi connectivity index (χ0) is 12.4. The number of nitro groups is 1. The Kier molecular flexibility index (Phi) is 3.26. The van der Waals surface area contributed by atoms with Crippen molar-refractivity contribution >= 4 is 28.9 Å². The minimum atomic E-state index is -0.646. The van der Waals surface area contributed by atoms with Gasteiger partial charge in [0.05, 0.1) is 10.6 Å². The minimum absolute atomic E-state index is 0.0196. The van der Waals surface area contributed by atoms with E-state index in [2.05, 4.69) is 4.98 Å². The van der Waals surface area contributed by atoms with E-state index in [0.717, 1.165) is 5.56 Å². The van der Waals surface area contributed by atoms with Crippen molar-refractivity contribution in [3.8, 4) is 11.3 Å². The molecule has 0 aliphatic rings. The molecule has 6 heteroatoms. The van der Waals surface area contributed by atoms with Crippen LogP contribution in [0.5, 0.6) is 0 Å². The predicted molar refractivity (Wildman–Crippen MR) is 66.3 cm³/mol. The summed E-state index contributed by atoms with van der Waals surface area (Å²) >= 11 is 11.6. The number of hydrogen-bond donors (Lipinski definition) is 0. The lowest BCUT2D eigenvalue weighted by Crippen LogP contribution is -1.94. The van der Waals surface area contributed by atoms with Crippen molar-refractivity contribution < 1.29 is 4.92 Å². The van der Waals surface area contributed by atoms with Crippen molar-refractivity contribution in [1.82, 2.24) is 4.98 Å². The van der Waals surface area contributed by atoms with Crippen LogP contribution in [0.4, 0.5) is 5.69 Å². The van der Waals surface area contributed by atoms with Gasteiger partial charge in [0.25, 0.3) is 0 Å². The molecular formula is C11H6Cl2N2O2. The van der Waals surface area contributed by atoms with E-state index in [1.54, 1.807) is 0 Å². The molecule has 0 atom stereocenters. The van der Waals surface area contributed by atoms with Crippen molar-refractivity contribution in [1.29, 1.82) is 0 Å². The monoisotopic (exact) mass is 268 g/mol. The zero-order valence-electron chi connectivity index (χ0n) is 8.43. The van der Waals surface area contributed by atoms with Gasteiger partial charge in [0.15, 0.2) is 0 Å². The van der Waals surface area contributed by atoms with Crippen LogP contribution in [0.2, 0.25) is 10.2 Å². The van der Waals surface area contributed by atoms with Gasteiger partial charge in [-0.15, -0.1) is 0 Å². The van der Waals surface area contributed by atoms with Gasteiger partial charge < -0.3 is 0 Å². The van der Waals surface area contributed by atoms with Crippen molar-refractivity contribution in [3.63, 3.8) is 0 Å². The Bertz CT molecular complexity index is 550. The van der Waals surface area contributed by atoms with E-state index in [9.17, 15) is 10.1 Å². The average Bonchev–Trinajstić information content (AvgIpc) is 2.28. The number of aromatic nitrogens is 1. The molecule has 0 radical (unpaired) electrons. The maximum absolute atomic E-state index is 10.7. The first kappa shape index (κ1) is 11.8. The van der Waals surface area contributed by atoms with Crippen LogP contribution in [0, 0.1) is 10.1 Å². The second-order valence-electron chi connectivity index (χ2n) is 3.25. The Balaban J connectivity index is 2.57. The van der Waals surface area contributed by atoms with Gasteiger partial charge >= 0.3 is 5.69 Å². The van der Waals surface area contributed by atoms with Gasteiger partial charge in [-0.05, 0) is 6.07 Å². The van der Waals surface area contributed by atoms with Crippen LogP contribution in [-0.4, -0.2) is 9.91 Å². The highest BCUT2D eigenvalue weighted by molar-refractivity contribution is 6.37. The summed E-state index contributed by atoms with van der Waals surface area (Å²) in [6, 6.07) is 10.6. The van der Waals surface area contributed by atoms with Crippen molar-refractivity contribution in [2.75, 3.05) is 0 Å². The van der Waals surface area contributed by atoms with Crippen LogP contribution >= 0.6 is 23.2 Å². The van der Waals surface area contributed by atoms with E-state index in [4.69, 9.17) is 23.2 Å². The zero-order valence-corrected chi connectivity index (χ0v) is 9.94. The average molecular weight is 269 g/mol. The maximum atomic E-state index is 10.7. The second kappa shape index (κ2) is 4.69. The Morgan fingerprint density at radius 1 is 1.18 bits per heavy atom. The molecule has 1 heterocycles. The molecule has 0 spiro atoms. The fourth-order valence-electron chi connectivity index (χ4n) is 1.40. The molecule has 0 bridgehead atoms. The summed E-state index contributed by atoms with van der Waals surface area (Å²) in [7, 11) is 0. The van der Waals surface area contributed by atoms with E-state index in [-0.39, 0.29) is 15.9 Å². The highest BCUT2D eigenvalue weighted by Gasteiger charge is 2.20. The molecule has 0 saturated heterocycles. The van der Waals surface area contributed by atoms with E-state index >= 15 is 0 Å². The number of halogens is 2. The molecule has 2 aromatic rings. The molecule has 1 aromatic carbocycles. The van der Waals surface area contributed by atoms with Gasteiger partial charge in [0, 0.05) is 5.56 Å². The van der Waals surface area contributed by atoms with Gasteiger partial charge in [0.2, 0.25) is 5.15 Å². The van der Waals surface area contributed by atoms with Crippen molar-refractivity contribution in [2.24, 2.45) is 0 Å². The molecule has 0 saturated carbocycles. The number of pyridine rings is 1. The molecule has 17 heavy (non-hydrogen) atoms. The molecule has 86 valence electrons. The summed E-state index contributed by atoms with van der Waals surface area (Å²) in [5, 5.41) is 10.5. The van der Waals surface area contributed by atoms with E-state index in [1.807, 2.05) is 30.3 Å². The molecule has 4 nitrogen and oxygen atoms in total. The lowest BCUT2D eigenvalue weighted by atomic mass is 10.1. The number of benzene rings is 1. The third kappa shape index (κ3) is 2.38. The van der Waals surface area contributed by atoms with Crippen LogP contribution < -0.4 is 0 Å². The highest BCUT2D eigenvalue weighted by atomic mass is 35.5. The molecule has 1 aromatic heterocycles. The highest BCUT2D eigenvalue weighted by Crippen LogP contribution is 2.34. The molecular weight excluding hydrogens is 263 g/mol. The third-order valence-electron chi connectivity index (χ3n) is 2.16. The van der Waals surface area contributed by atoms with Gasteiger partial charge in [-0.1, -0.05) is 53.5 Å². The summed E-state index contributed by atoms with van der Waals surface area (Å²) in [5.74, 6) is 0.